The number of anilines is 3. The van der Waals surface area contributed by atoms with Crippen LogP contribution in [0.15, 0.2) is 55.4 Å². The van der Waals surface area contributed by atoms with Gasteiger partial charge >= 0.3 is 11.3 Å². The smallest absolute Gasteiger partial charge is 0.376 e. The molecule has 0 fully saturated rings. The fraction of sp³-hybridized carbons (Fsp3) is 0.118. The van der Waals surface area contributed by atoms with Crippen LogP contribution in [0.4, 0.5) is 25.8 Å². The van der Waals surface area contributed by atoms with E-state index < -0.39 is 22.1 Å². The fourth-order valence-corrected chi connectivity index (χ4v) is 2.59. The molecule has 0 spiro atoms. The second-order valence-corrected chi connectivity index (χ2v) is 6.39. The second kappa shape index (κ2) is 7.09. The summed E-state index contributed by atoms with van der Waals surface area (Å²) in [5.41, 5.74) is 0.614. The lowest BCUT2D eigenvalue weighted by Gasteiger charge is -2.13. The first kappa shape index (κ1) is 18.7. The van der Waals surface area contributed by atoms with Crippen molar-refractivity contribution in [2.45, 2.75) is 11.9 Å². The zero-order valence-electron chi connectivity index (χ0n) is 14.3. The summed E-state index contributed by atoms with van der Waals surface area (Å²) < 4.78 is 35.0. The van der Waals surface area contributed by atoms with Crippen molar-refractivity contribution in [2.24, 2.45) is 0 Å². The van der Waals surface area contributed by atoms with Crippen LogP contribution < -0.4 is 21.5 Å². The molecule has 0 amide bonds. The number of halogens is 3. The molecule has 2 aromatic heterocycles. The van der Waals surface area contributed by atoms with Gasteiger partial charge < -0.3 is 19.7 Å². The SMILES string of the molecule is O=c1c(NCc2ccc(-c3noc(C(F)(F)Cl)n3)cc2)c(Nc2cnoc2)c1=O. The molecule has 12 heteroatoms. The van der Waals surface area contributed by atoms with Crippen molar-refractivity contribution < 1.29 is 17.8 Å². The van der Waals surface area contributed by atoms with Crippen LogP contribution in [0.1, 0.15) is 11.5 Å². The summed E-state index contributed by atoms with van der Waals surface area (Å²) in [7, 11) is 0. The van der Waals surface area contributed by atoms with Gasteiger partial charge in [0.1, 0.15) is 17.6 Å². The number of hydrogen-bond donors (Lipinski definition) is 2. The number of nitrogens with one attached hydrogen (secondary N) is 2. The molecule has 0 bridgehead atoms. The molecule has 0 aliphatic carbocycles. The minimum absolute atomic E-state index is 0.0393. The lowest BCUT2D eigenvalue weighted by Crippen LogP contribution is -2.36. The van der Waals surface area contributed by atoms with Gasteiger partial charge in [0.15, 0.2) is 0 Å². The monoisotopic (exact) mass is 421 g/mol. The first-order valence-electron chi connectivity index (χ1n) is 8.07. The summed E-state index contributed by atoms with van der Waals surface area (Å²) in [6, 6.07) is 6.54. The van der Waals surface area contributed by atoms with Crippen LogP contribution in [0.25, 0.3) is 11.4 Å². The van der Waals surface area contributed by atoms with E-state index in [4.69, 9.17) is 11.6 Å². The molecular weight excluding hydrogens is 412 g/mol. The molecule has 4 aromatic rings. The van der Waals surface area contributed by atoms with Crippen LogP contribution >= 0.6 is 11.6 Å². The number of aromatic nitrogens is 3. The third kappa shape index (κ3) is 3.72. The number of nitrogens with zero attached hydrogens (tertiary/aromatic N) is 3. The lowest BCUT2D eigenvalue weighted by molar-refractivity contribution is 0.0551. The predicted octanol–water partition coefficient (Wildman–Crippen LogP) is 2.96. The second-order valence-electron chi connectivity index (χ2n) is 5.92. The standard InChI is InChI=1S/C17H10ClF2N5O4/c18-17(19,20)16-24-15(25-29-16)9-3-1-8(2-4-9)5-21-11-12(14(27)13(11)26)23-10-6-22-28-7-10/h1-4,6-7,21,23H,5H2. The summed E-state index contributed by atoms with van der Waals surface area (Å²) >= 11 is 4.85. The molecule has 29 heavy (non-hydrogen) atoms. The van der Waals surface area contributed by atoms with Gasteiger partial charge in [-0.15, -0.1) is 0 Å². The molecule has 0 aliphatic rings. The van der Waals surface area contributed by atoms with E-state index in [0.29, 0.717) is 11.3 Å². The van der Waals surface area contributed by atoms with Crippen molar-refractivity contribution in [3.63, 3.8) is 0 Å². The van der Waals surface area contributed by atoms with E-state index in [9.17, 15) is 18.4 Å². The van der Waals surface area contributed by atoms with Gasteiger partial charge in [-0.1, -0.05) is 34.6 Å². The van der Waals surface area contributed by atoms with Crippen LogP contribution in [0.2, 0.25) is 0 Å². The van der Waals surface area contributed by atoms with E-state index in [1.807, 2.05) is 0 Å². The Morgan fingerprint density at radius 2 is 1.83 bits per heavy atom. The van der Waals surface area contributed by atoms with Gasteiger partial charge in [0.05, 0.1) is 11.9 Å². The van der Waals surface area contributed by atoms with Gasteiger partial charge in [-0.25, -0.2) is 0 Å². The summed E-state index contributed by atoms with van der Waals surface area (Å²) in [6.07, 6.45) is 2.66. The Bertz CT molecular complexity index is 1210. The molecule has 0 aliphatic heterocycles. The maximum absolute atomic E-state index is 13.0. The molecule has 2 N–H and O–H groups in total. The number of benzene rings is 1. The highest BCUT2D eigenvalue weighted by Gasteiger charge is 2.35. The first-order valence-corrected chi connectivity index (χ1v) is 8.44. The summed E-state index contributed by atoms with van der Waals surface area (Å²) in [6.45, 7) is 0.237. The largest absolute Gasteiger partial charge is 0.400 e. The zero-order valence-corrected chi connectivity index (χ0v) is 15.0. The Hall–Kier alpha value is -3.60. The van der Waals surface area contributed by atoms with Gasteiger partial charge in [-0.05, 0) is 17.2 Å². The van der Waals surface area contributed by atoms with Crippen LogP contribution in [0.3, 0.4) is 0 Å². The molecule has 0 radical (unpaired) electrons. The van der Waals surface area contributed by atoms with E-state index in [1.54, 1.807) is 24.3 Å². The quantitative estimate of drug-likeness (QED) is 0.342. The van der Waals surface area contributed by atoms with Crippen LogP contribution in [0, 0.1) is 0 Å². The molecule has 2 heterocycles. The highest BCUT2D eigenvalue weighted by molar-refractivity contribution is 6.21. The minimum Gasteiger partial charge on any atom is -0.376 e. The fourth-order valence-electron chi connectivity index (χ4n) is 2.51. The average molecular weight is 422 g/mol. The molecule has 0 saturated heterocycles. The van der Waals surface area contributed by atoms with Crippen molar-refractivity contribution >= 4 is 28.7 Å². The summed E-state index contributed by atoms with van der Waals surface area (Å²) in [4.78, 5) is 27.1. The van der Waals surface area contributed by atoms with E-state index in [2.05, 4.69) is 35.0 Å². The molecule has 0 atom stereocenters. The Morgan fingerprint density at radius 3 is 2.45 bits per heavy atom. The lowest BCUT2D eigenvalue weighted by atomic mass is 10.1. The van der Waals surface area contributed by atoms with Crippen LogP contribution in [-0.2, 0) is 11.9 Å². The van der Waals surface area contributed by atoms with Crippen LogP contribution in [0.5, 0.6) is 0 Å². The van der Waals surface area contributed by atoms with Gasteiger partial charge in [-0.3, -0.25) is 9.59 Å². The van der Waals surface area contributed by atoms with Crippen molar-refractivity contribution in [1.29, 1.82) is 0 Å². The third-order valence-corrected chi connectivity index (χ3v) is 4.12. The molecule has 2 aromatic carbocycles. The summed E-state index contributed by atoms with van der Waals surface area (Å²) in [5.74, 6) is -1.03. The van der Waals surface area contributed by atoms with Crippen LogP contribution in [-0.4, -0.2) is 15.3 Å². The molecule has 0 unspecified atom stereocenters. The molecule has 148 valence electrons. The Kier molecular flexibility index (Phi) is 4.59. The van der Waals surface area contributed by atoms with Gasteiger partial charge in [0.25, 0.3) is 10.9 Å². The zero-order chi connectivity index (χ0) is 20.6. The van der Waals surface area contributed by atoms with Gasteiger partial charge in [0.2, 0.25) is 5.82 Å². The number of rotatable bonds is 7. The Morgan fingerprint density at radius 1 is 1.10 bits per heavy atom. The molecule has 9 nitrogen and oxygen atoms in total. The topological polar surface area (TPSA) is 123 Å². The van der Waals surface area contributed by atoms with E-state index >= 15 is 0 Å². The van der Waals surface area contributed by atoms with E-state index in [1.165, 1.54) is 12.5 Å². The van der Waals surface area contributed by atoms with Crippen molar-refractivity contribution in [2.75, 3.05) is 10.6 Å². The molecule has 4 rings (SSSR count). The van der Waals surface area contributed by atoms with Crippen molar-refractivity contribution in [1.82, 2.24) is 15.3 Å². The van der Waals surface area contributed by atoms with Gasteiger partial charge in [0, 0.05) is 12.1 Å². The number of hydrogen-bond acceptors (Lipinski definition) is 9. The summed E-state index contributed by atoms with van der Waals surface area (Å²) in [5, 5.41) is 8.88. The van der Waals surface area contributed by atoms with E-state index in [0.717, 1.165) is 5.56 Å². The van der Waals surface area contributed by atoms with E-state index in [-0.39, 0.29) is 23.7 Å². The maximum Gasteiger partial charge on any atom is 0.400 e. The average Bonchev–Trinajstić information content (AvgIpc) is 3.39. The highest BCUT2D eigenvalue weighted by atomic mass is 35.5. The molecular formula is C17H10ClF2N5O4. The maximum atomic E-state index is 13.0. The Balaban J connectivity index is 1.44. The highest BCUT2D eigenvalue weighted by Crippen LogP contribution is 2.32. The van der Waals surface area contributed by atoms with Crippen molar-refractivity contribution in [3.8, 4) is 11.4 Å². The van der Waals surface area contributed by atoms with Crippen molar-refractivity contribution in [3.05, 3.63) is 68.6 Å². The number of alkyl halides is 3. The Labute approximate surface area is 165 Å². The normalized spacial score (nSPS) is 11.7. The molecule has 0 saturated carbocycles. The minimum atomic E-state index is -3.74. The van der Waals surface area contributed by atoms with Gasteiger partial charge in [-0.2, -0.15) is 13.8 Å². The third-order valence-electron chi connectivity index (χ3n) is 3.96. The first-order chi connectivity index (χ1) is 13.8. The predicted molar refractivity (Wildman–Crippen MR) is 97.9 cm³/mol.